The second-order valence-corrected chi connectivity index (χ2v) is 6.60. The summed E-state index contributed by atoms with van der Waals surface area (Å²) in [6.45, 7) is 2.82. The normalized spacial score (nSPS) is 11.0. The Labute approximate surface area is 166 Å². The minimum Gasteiger partial charge on any atom is -0.322 e. The zero-order valence-corrected chi connectivity index (χ0v) is 15.7. The molecule has 0 radical (unpaired) electrons. The maximum absolute atomic E-state index is 13.4. The highest BCUT2D eigenvalue weighted by molar-refractivity contribution is 6.04. The van der Waals surface area contributed by atoms with Crippen molar-refractivity contribution in [3.63, 3.8) is 0 Å². The number of rotatable bonds is 5. The van der Waals surface area contributed by atoms with E-state index in [0.29, 0.717) is 5.56 Å². The van der Waals surface area contributed by atoms with Gasteiger partial charge in [-0.2, -0.15) is 0 Å². The summed E-state index contributed by atoms with van der Waals surface area (Å²) < 4.78 is 28.5. The number of hydrogen-bond acceptors (Lipinski definition) is 3. The molecule has 7 heteroatoms. The van der Waals surface area contributed by atoms with Gasteiger partial charge in [0, 0.05) is 35.6 Å². The third-order valence-electron chi connectivity index (χ3n) is 4.51. The first-order chi connectivity index (χ1) is 14.1. The summed E-state index contributed by atoms with van der Waals surface area (Å²) in [7, 11) is 0. The van der Waals surface area contributed by atoms with Crippen LogP contribution in [0, 0.1) is 11.6 Å². The monoisotopic (exact) mass is 392 g/mol. The third-order valence-corrected chi connectivity index (χ3v) is 4.51. The molecule has 1 N–H and O–H groups in total. The number of nitrogens with one attached hydrogen (secondary N) is 1. The Kier molecular flexibility index (Phi) is 5.03. The summed E-state index contributed by atoms with van der Waals surface area (Å²) in [6.07, 6.45) is 2.64. The van der Waals surface area contributed by atoms with E-state index >= 15 is 0 Å². The Morgan fingerprint density at radius 3 is 2.72 bits per heavy atom. The van der Waals surface area contributed by atoms with Crippen LogP contribution in [0.4, 0.5) is 14.5 Å². The van der Waals surface area contributed by atoms with Gasteiger partial charge in [-0.25, -0.2) is 18.7 Å². The van der Waals surface area contributed by atoms with Crippen LogP contribution in [-0.2, 0) is 6.54 Å². The third kappa shape index (κ3) is 3.71. The van der Waals surface area contributed by atoms with E-state index in [1.54, 1.807) is 24.4 Å². The van der Waals surface area contributed by atoms with Crippen LogP contribution < -0.4 is 5.32 Å². The van der Waals surface area contributed by atoms with Gasteiger partial charge >= 0.3 is 0 Å². The standard InChI is InChI=1S/C22H18F2N4O/c1-2-11-28-20(27-19-7-4-10-25-21(19)28)14-5-3-6-15(12-14)22(29)26-16-8-9-17(23)18(24)13-16/h3-10,12-13H,2,11H2,1H3,(H,26,29). The van der Waals surface area contributed by atoms with Gasteiger partial charge in [0.1, 0.15) is 11.3 Å². The van der Waals surface area contributed by atoms with Crippen LogP contribution >= 0.6 is 0 Å². The molecule has 0 unspecified atom stereocenters. The first-order valence-corrected chi connectivity index (χ1v) is 9.25. The molecule has 146 valence electrons. The molecule has 5 nitrogen and oxygen atoms in total. The van der Waals surface area contributed by atoms with Crippen LogP contribution in [0.15, 0.2) is 60.8 Å². The quantitative estimate of drug-likeness (QED) is 0.518. The van der Waals surface area contributed by atoms with Crippen molar-refractivity contribution >= 4 is 22.8 Å². The molecule has 0 aliphatic carbocycles. The second-order valence-electron chi connectivity index (χ2n) is 6.60. The Morgan fingerprint density at radius 1 is 1.07 bits per heavy atom. The van der Waals surface area contributed by atoms with Crippen LogP contribution in [-0.4, -0.2) is 20.4 Å². The second kappa shape index (κ2) is 7.79. The summed E-state index contributed by atoms with van der Waals surface area (Å²) in [4.78, 5) is 21.7. The fourth-order valence-corrected chi connectivity index (χ4v) is 3.19. The number of carbonyl (C=O) groups excluding carboxylic acids is 1. The minimum absolute atomic E-state index is 0.182. The molecule has 0 atom stereocenters. The molecule has 0 bridgehead atoms. The number of imidazole rings is 1. The molecule has 0 saturated heterocycles. The van der Waals surface area contributed by atoms with Crippen LogP contribution in [0.2, 0.25) is 0 Å². The van der Waals surface area contributed by atoms with Crippen molar-refractivity contribution in [2.75, 3.05) is 5.32 Å². The van der Waals surface area contributed by atoms with Gasteiger partial charge in [0.25, 0.3) is 5.91 Å². The van der Waals surface area contributed by atoms with Crippen molar-refractivity contribution in [1.29, 1.82) is 0 Å². The first-order valence-electron chi connectivity index (χ1n) is 9.25. The highest BCUT2D eigenvalue weighted by Gasteiger charge is 2.15. The topological polar surface area (TPSA) is 59.8 Å². The van der Waals surface area contributed by atoms with E-state index in [4.69, 9.17) is 0 Å². The summed E-state index contributed by atoms with van der Waals surface area (Å²) >= 11 is 0. The molecule has 0 saturated carbocycles. The van der Waals surface area contributed by atoms with Gasteiger partial charge in [-0.05, 0) is 42.8 Å². The summed E-state index contributed by atoms with van der Waals surface area (Å²) in [6, 6.07) is 14.0. The van der Waals surface area contributed by atoms with Gasteiger partial charge < -0.3 is 9.88 Å². The largest absolute Gasteiger partial charge is 0.322 e. The molecular formula is C22H18F2N4O. The minimum atomic E-state index is -1.02. The number of amides is 1. The van der Waals surface area contributed by atoms with E-state index in [1.165, 1.54) is 6.07 Å². The van der Waals surface area contributed by atoms with Crippen LogP contribution in [0.5, 0.6) is 0 Å². The number of carbonyl (C=O) groups is 1. The lowest BCUT2D eigenvalue weighted by atomic mass is 10.1. The van der Waals surface area contributed by atoms with Crippen LogP contribution in [0.25, 0.3) is 22.6 Å². The highest BCUT2D eigenvalue weighted by atomic mass is 19.2. The van der Waals surface area contributed by atoms with E-state index in [2.05, 4.69) is 22.2 Å². The van der Waals surface area contributed by atoms with Gasteiger partial charge in [-0.1, -0.05) is 19.1 Å². The number of nitrogens with zero attached hydrogens (tertiary/aromatic N) is 3. The van der Waals surface area contributed by atoms with E-state index in [1.807, 2.05) is 22.8 Å². The van der Waals surface area contributed by atoms with Gasteiger partial charge in [-0.15, -0.1) is 0 Å². The Balaban J connectivity index is 1.68. The lowest BCUT2D eigenvalue weighted by Gasteiger charge is -2.09. The van der Waals surface area contributed by atoms with Crippen molar-refractivity contribution in [3.05, 3.63) is 78.0 Å². The highest BCUT2D eigenvalue weighted by Crippen LogP contribution is 2.25. The molecular weight excluding hydrogens is 374 g/mol. The lowest BCUT2D eigenvalue weighted by molar-refractivity contribution is 0.102. The van der Waals surface area contributed by atoms with Crippen molar-refractivity contribution < 1.29 is 13.6 Å². The number of benzene rings is 2. The number of aromatic nitrogens is 3. The molecule has 0 fully saturated rings. The lowest BCUT2D eigenvalue weighted by Crippen LogP contribution is -2.12. The average molecular weight is 392 g/mol. The van der Waals surface area contributed by atoms with Crippen LogP contribution in [0.3, 0.4) is 0 Å². The van der Waals surface area contributed by atoms with Gasteiger partial charge in [0.2, 0.25) is 0 Å². The van der Waals surface area contributed by atoms with E-state index in [-0.39, 0.29) is 5.69 Å². The predicted octanol–water partition coefficient (Wildman–Crippen LogP) is 5.04. The first kappa shape index (κ1) is 18.7. The fraction of sp³-hybridized carbons (Fsp3) is 0.136. The summed E-state index contributed by atoms with van der Waals surface area (Å²) in [5.74, 6) is -1.68. The van der Waals surface area contributed by atoms with Crippen molar-refractivity contribution in [1.82, 2.24) is 14.5 Å². The maximum Gasteiger partial charge on any atom is 0.255 e. The molecule has 2 aromatic heterocycles. The van der Waals surface area contributed by atoms with E-state index in [9.17, 15) is 13.6 Å². The number of anilines is 1. The molecule has 0 aliphatic rings. The van der Waals surface area contributed by atoms with Crippen molar-refractivity contribution in [2.24, 2.45) is 0 Å². The number of halogens is 2. The molecule has 4 rings (SSSR count). The van der Waals surface area contributed by atoms with Gasteiger partial charge in [-0.3, -0.25) is 4.79 Å². The van der Waals surface area contributed by atoms with E-state index < -0.39 is 17.5 Å². The summed E-state index contributed by atoms with van der Waals surface area (Å²) in [5, 5.41) is 2.59. The molecule has 4 aromatic rings. The smallest absolute Gasteiger partial charge is 0.255 e. The molecule has 1 amide bonds. The molecule has 0 aliphatic heterocycles. The number of hydrogen-bond donors (Lipinski definition) is 1. The SMILES string of the molecule is CCCn1c(-c2cccc(C(=O)Nc3ccc(F)c(F)c3)c2)nc2cccnc21. The molecule has 2 heterocycles. The Hall–Kier alpha value is -3.61. The molecule has 0 spiro atoms. The predicted molar refractivity (Wildman–Crippen MR) is 108 cm³/mol. The van der Waals surface area contributed by atoms with Crippen LogP contribution in [0.1, 0.15) is 23.7 Å². The van der Waals surface area contributed by atoms with Crippen molar-refractivity contribution in [3.8, 4) is 11.4 Å². The number of fused-ring (bicyclic) bond motifs is 1. The number of aryl methyl sites for hydroxylation is 1. The molecule has 29 heavy (non-hydrogen) atoms. The zero-order chi connectivity index (χ0) is 20.4. The van der Waals surface area contributed by atoms with Gasteiger partial charge in [0.05, 0.1) is 0 Å². The molecule has 2 aromatic carbocycles. The van der Waals surface area contributed by atoms with Gasteiger partial charge in [0.15, 0.2) is 17.3 Å². The average Bonchev–Trinajstić information content (AvgIpc) is 3.10. The number of pyridine rings is 1. The van der Waals surface area contributed by atoms with Crippen molar-refractivity contribution in [2.45, 2.75) is 19.9 Å². The Bertz CT molecular complexity index is 1200. The maximum atomic E-state index is 13.4. The zero-order valence-electron chi connectivity index (χ0n) is 15.7. The Morgan fingerprint density at radius 2 is 1.93 bits per heavy atom. The van der Waals surface area contributed by atoms with E-state index in [0.717, 1.165) is 47.7 Å². The fourth-order valence-electron chi connectivity index (χ4n) is 3.19. The summed E-state index contributed by atoms with van der Waals surface area (Å²) in [5.41, 5.74) is 2.92.